The number of benzene rings is 3. The van der Waals surface area contributed by atoms with Gasteiger partial charge in [-0.1, -0.05) is 41.4 Å². The van der Waals surface area contributed by atoms with E-state index in [4.69, 9.17) is 21.1 Å². The van der Waals surface area contributed by atoms with Crippen LogP contribution in [0.5, 0.6) is 11.5 Å². The Morgan fingerprint density at radius 2 is 1.82 bits per heavy atom. The fraction of sp³-hybridized carbons (Fsp3) is 0.226. The summed E-state index contributed by atoms with van der Waals surface area (Å²) in [5, 5.41) is 16.7. The highest BCUT2D eigenvalue weighted by Crippen LogP contribution is 2.36. The van der Waals surface area contributed by atoms with E-state index in [2.05, 4.69) is 15.4 Å². The van der Waals surface area contributed by atoms with Crippen molar-refractivity contribution in [3.05, 3.63) is 94.8 Å². The fourth-order valence-electron chi connectivity index (χ4n) is 4.90. The van der Waals surface area contributed by atoms with Crippen LogP contribution in [0.25, 0.3) is 0 Å². The topological polar surface area (TPSA) is 152 Å². The standard InChI is InChI=1S/C31H30ClN5O7S/c1-19-9-11-25(20(2)15-19)44-14-6-13-37-29(34-23-7-4-5-8-27(23)45(37,41)42)28(36-18-21(17-33-36)31(39)40)30(38)35-24-16-22(32)10-12-26(24)43-3/h4-5,7-12,15-18,28H,6,13-14H2,1-3H3,(H,35,38)(H,39,40). The Kier molecular flexibility index (Phi) is 9.11. The van der Waals surface area contributed by atoms with E-state index >= 15 is 0 Å². The molecule has 234 valence electrons. The van der Waals surface area contributed by atoms with Crippen molar-refractivity contribution >= 4 is 50.7 Å². The zero-order chi connectivity index (χ0) is 32.3. The van der Waals surface area contributed by atoms with Gasteiger partial charge in [0, 0.05) is 24.2 Å². The van der Waals surface area contributed by atoms with Crippen molar-refractivity contribution in [2.75, 3.05) is 25.6 Å². The number of carbonyl (C=O) groups excluding carboxylic acids is 1. The smallest absolute Gasteiger partial charge is 0.338 e. The van der Waals surface area contributed by atoms with Crippen LogP contribution in [0.3, 0.4) is 0 Å². The van der Waals surface area contributed by atoms with Gasteiger partial charge in [0.1, 0.15) is 16.4 Å². The summed E-state index contributed by atoms with van der Waals surface area (Å²) < 4.78 is 41.5. The molecule has 1 aromatic heterocycles. The summed E-state index contributed by atoms with van der Waals surface area (Å²) >= 11 is 6.18. The number of para-hydroxylation sites is 1. The van der Waals surface area contributed by atoms with E-state index in [9.17, 15) is 23.1 Å². The number of carboxylic acids is 1. The van der Waals surface area contributed by atoms with E-state index < -0.39 is 27.9 Å². The van der Waals surface area contributed by atoms with E-state index in [0.29, 0.717) is 16.5 Å². The van der Waals surface area contributed by atoms with Gasteiger partial charge in [0.15, 0.2) is 11.9 Å². The van der Waals surface area contributed by atoms with Crippen molar-refractivity contribution in [1.29, 1.82) is 0 Å². The molecule has 1 aliphatic rings. The van der Waals surface area contributed by atoms with Crippen LogP contribution in [0.15, 0.2) is 82.9 Å². The molecule has 0 radical (unpaired) electrons. The molecule has 12 nitrogen and oxygen atoms in total. The average Bonchev–Trinajstić information content (AvgIpc) is 3.48. The third-order valence-electron chi connectivity index (χ3n) is 7.04. The molecule has 45 heavy (non-hydrogen) atoms. The molecule has 1 aliphatic heterocycles. The molecule has 14 heteroatoms. The van der Waals surface area contributed by atoms with Crippen molar-refractivity contribution < 1.29 is 32.6 Å². The number of amidine groups is 1. The minimum absolute atomic E-state index is 0.0357. The number of hydrogen-bond donors (Lipinski definition) is 2. The van der Waals surface area contributed by atoms with E-state index in [1.807, 2.05) is 32.0 Å². The number of nitrogens with one attached hydrogen (secondary N) is 1. The van der Waals surface area contributed by atoms with Crippen LogP contribution in [0.1, 0.15) is 33.9 Å². The zero-order valence-electron chi connectivity index (χ0n) is 24.6. The number of sulfonamides is 1. The van der Waals surface area contributed by atoms with Gasteiger partial charge in [0.05, 0.1) is 36.9 Å². The van der Waals surface area contributed by atoms with E-state index in [1.165, 1.54) is 25.3 Å². The van der Waals surface area contributed by atoms with Crippen molar-refractivity contribution in [2.24, 2.45) is 4.99 Å². The molecule has 1 unspecified atom stereocenters. The fourth-order valence-corrected chi connectivity index (χ4v) is 6.69. The Hall–Kier alpha value is -4.88. The molecule has 2 N–H and O–H groups in total. The third-order valence-corrected chi connectivity index (χ3v) is 9.13. The van der Waals surface area contributed by atoms with Gasteiger partial charge in [-0.2, -0.15) is 5.10 Å². The highest BCUT2D eigenvalue weighted by molar-refractivity contribution is 7.90. The summed E-state index contributed by atoms with van der Waals surface area (Å²) in [6, 6.07) is 15.0. The van der Waals surface area contributed by atoms with E-state index in [0.717, 1.165) is 32.5 Å². The quantitative estimate of drug-likeness (QED) is 0.209. The van der Waals surface area contributed by atoms with E-state index in [-0.39, 0.29) is 47.2 Å². The second-order valence-corrected chi connectivity index (χ2v) is 12.5. The number of carbonyl (C=O) groups is 2. The maximum Gasteiger partial charge on any atom is 0.338 e. The van der Waals surface area contributed by atoms with Gasteiger partial charge in [0.2, 0.25) is 0 Å². The number of amides is 1. The Morgan fingerprint density at radius 1 is 1.07 bits per heavy atom. The minimum atomic E-state index is -4.22. The Labute approximate surface area is 264 Å². The van der Waals surface area contributed by atoms with Crippen LogP contribution >= 0.6 is 11.6 Å². The molecule has 1 amide bonds. The molecule has 0 aliphatic carbocycles. The first-order chi connectivity index (χ1) is 21.5. The van der Waals surface area contributed by atoms with Crippen molar-refractivity contribution in [3.8, 4) is 11.5 Å². The monoisotopic (exact) mass is 651 g/mol. The maximum atomic E-state index is 14.1. The molecular weight excluding hydrogens is 622 g/mol. The molecule has 0 saturated heterocycles. The van der Waals surface area contributed by atoms with Crippen LogP contribution in [-0.4, -0.2) is 65.6 Å². The lowest BCUT2D eigenvalue weighted by Gasteiger charge is -2.33. The normalized spacial score (nSPS) is 14.2. The maximum absolute atomic E-state index is 14.1. The molecule has 0 saturated carbocycles. The van der Waals surface area contributed by atoms with Gasteiger partial charge < -0.3 is 19.9 Å². The predicted octanol–water partition coefficient (Wildman–Crippen LogP) is 5.24. The number of hydrogen-bond acceptors (Lipinski definition) is 8. The van der Waals surface area contributed by atoms with Gasteiger partial charge in [-0.25, -0.2) is 18.2 Å². The lowest BCUT2D eigenvalue weighted by Crippen LogP contribution is -2.47. The van der Waals surface area contributed by atoms with Crippen LogP contribution in [0.2, 0.25) is 5.02 Å². The molecule has 0 bridgehead atoms. The van der Waals surface area contributed by atoms with Crippen LogP contribution in [0.4, 0.5) is 11.4 Å². The Morgan fingerprint density at radius 3 is 2.53 bits per heavy atom. The summed E-state index contributed by atoms with van der Waals surface area (Å²) in [7, 11) is -2.80. The van der Waals surface area contributed by atoms with E-state index in [1.54, 1.807) is 24.3 Å². The van der Waals surface area contributed by atoms with Gasteiger partial charge >= 0.3 is 5.97 Å². The molecule has 0 spiro atoms. The molecule has 1 atom stereocenters. The Bertz CT molecular complexity index is 1910. The molecule has 4 aromatic rings. The number of aliphatic imine (C=N–C) groups is 1. The lowest BCUT2D eigenvalue weighted by molar-refractivity contribution is -0.117. The first-order valence-electron chi connectivity index (χ1n) is 13.8. The first-order valence-corrected chi connectivity index (χ1v) is 15.6. The molecule has 0 fully saturated rings. The second kappa shape index (κ2) is 13.0. The number of nitrogens with zero attached hydrogens (tertiary/aromatic N) is 4. The van der Waals surface area contributed by atoms with Gasteiger partial charge in [-0.3, -0.25) is 13.8 Å². The van der Waals surface area contributed by atoms with Gasteiger partial charge in [-0.15, -0.1) is 0 Å². The lowest BCUT2D eigenvalue weighted by atomic mass is 10.1. The third kappa shape index (κ3) is 6.64. The summed E-state index contributed by atoms with van der Waals surface area (Å²) in [6.45, 7) is 3.97. The first kappa shape index (κ1) is 31.5. The number of aromatic nitrogens is 2. The van der Waals surface area contributed by atoms with Gasteiger partial charge in [0.25, 0.3) is 15.9 Å². The number of methoxy groups -OCH3 is 1. The van der Waals surface area contributed by atoms with Crippen molar-refractivity contribution in [1.82, 2.24) is 14.1 Å². The number of aryl methyl sites for hydroxylation is 2. The Balaban J connectivity index is 1.55. The number of aromatic carboxylic acids is 1. The van der Waals surface area contributed by atoms with Crippen LogP contribution < -0.4 is 14.8 Å². The summed E-state index contributed by atoms with van der Waals surface area (Å²) in [5.41, 5.74) is 2.15. The number of carboxylic acid groups (broad SMARTS) is 1. The van der Waals surface area contributed by atoms with Crippen LogP contribution in [-0.2, 0) is 14.8 Å². The number of fused-ring (bicyclic) bond motifs is 1. The average molecular weight is 652 g/mol. The van der Waals surface area contributed by atoms with Crippen LogP contribution in [0, 0.1) is 13.8 Å². The van der Waals surface area contributed by atoms with Crippen molar-refractivity contribution in [3.63, 3.8) is 0 Å². The largest absolute Gasteiger partial charge is 0.495 e. The summed E-state index contributed by atoms with van der Waals surface area (Å²) in [4.78, 5) is 30.4. The zero-order valence-corrected chi connectivity index (χ0v) is 26.2. The second-order valence-electron chi connectivity index (χ2n) is 10.2. The SMILES string of the molecule is COc1ccc(Cl)cc1NC(=O)C(C1=Nc2ccccc2S(=O)(=O)N1CCCOc1ccc(C)cc1C)n1cc(C(=O)O)cn1. The predicted molar refractivity (Wildman–Crippen MR) is 168 cm³/mol. The molecule has 2 heterocycles. The summed E-state index contributed by atoms with van der Waals surface area (Å²) in [5.74, 6) is -1.26. The number of ether oxygens (including phenoxy) is 2. The highest BCUT2D eigenvalue weighted by atomic mass is 35.5. The van der Waals surface area contributed by atoms with Gasteiger partial charge in [-0.05, 0) is 55.8 Å². The number of rotatable bonds is 11. The number of anilines is 1. The minimum Gasteiger partial charge on any atom is -0.495 e. The molecular formula is C31H30ClN5O7S. The van der Waals surface area contributed by atoms with Crippen molar-refractivity contribution in [2.45, 2.75) is 31.2 Å². The molecule has 5 rings (SSSR count). The number of halogens is 1. The highest BCUT2D eigenvalue weighted by Gasteiger charge is 2.41. The summed E-state index contributed by atoms with van der Waals surface area (Å²) in [6.07, 6.45) is 2.44. The molecule has 3 aromatic carbocycles.